The molecule has 1 aromatic carbocycles. The fourth-order valence-corrected chi connectivity index (χ4v) is 6.86. The Morgan fingerprint density at radius 2 is 1.90 bits per heavy atom. The average molecular weight is 382 g/mol. The number of allylic oxidation sites excluding steroid dienone is 1. The van der Waals surface area contributed by atoms with Gasteiger partial charge in [-0.15, -0.1) is 0 Å². The van der Waals surface area contributed by atoms with Crippen molar-refractivity contribution in [1.82, 2.24) is 0 Å². The fourth-order valence-electron chi connectivity index (χ4n) is 1.65. The molecule has 0 bridgehead atoms. The van der Waals surface area contributed by atoms with Crippen LogP contribution in [0.1, 0.15) is 33.1 Å². The van der Waals surface area contributed by atoms with Gasteiger partial charge in [-0.25, -0.2) is 0 Å². The van der Waals surface area contributed by atoms with E-state index in [1.54, 1.807) is 6.92 Å². The molecule has 0 aliphatic rings. The van der Waals surface area contributed by atoms with Gasteiger partial charge in [0.1, 0.15) is 0 Å². The van der Waals surface area contributed by atoms with E-state index in [1.807, 2.05) is 36.4 Å². The number of esters is 1. The van der Waals surface area contributed by atoms with Gasteiger partial charge in [0, 0.05) is 0 Å². The summed E-state index contributed by atoms with van der Waals surface area (Å²) in [7, 11) is 13.2. The second-order valence-electron chi connectivity index (χ2n) is 4.21. The summed E-state index contributed by atoms with van der Waals surface area (Å²) in [5.41, 5.74) is 0. The van der Waals surface area contributed by atoms with Gasteiger partial charge in [-0.1, -0.05) is 0 Å². The number of rotatable bonds is 7. The van der Waals surface area contributed by atoms with Crippen LogP contribution in [0.2, 0.25) is 0 Å². The van der Waals surface area contributed by atoms with Crippen molar-refractivity contribution < 1.29 is 9.53 Å². The molecule has 2 nitrogen and oxygen atoms in total. The zero-order chi connectivity index (χ0) is 15.0. The summed E-state index contributed by atoms with van der Waals surface area (Å²) in [4.78, 5) is 12.1. The molecule has 0 spiro atoms. The normalized spacial score (nSPS) is 13.1. The van der Waals surface area contributed by atoms with E-state index in [9.17, 15) is 4.79 Å². The molecular formula is C15H20Cl2O2Se. The number of halogens is 2. The van der Waals surface area contributed by atoms with Gasteiger partial charge in [0.25, 0.3) is 0 Å². The summed E-state index contributed by atoms with van der Waals surface area (Å²) in [6.45, 7) is 4.19. The standard InChI is InChI=1S/C15H20Cl2O2Se/c1-3-5-7-12-14(15(18)19-4-2)20(16,17)13-10-8-6-9-11-13/h6,8-12H,3-5,7H2,1-2H3/b14-12+. The first kappa shape index (κ1) is 17.6. The van der Waals surface area contributed by atoms with Crippen molar-refractivity contribution in [1.29, 1.82) is 0 Å². The van der Waals surface area contributed by atoms with Gasteiger partial charge in [-0.3, -0.25) is 0 Å². The van der Waals surface area contributed by atoms with Gasteiger partial charge >= 0.3 is 132 Å². The SMILES string of the molecule is CCCC/C=C(\C(=O)OCC)[Se](Cl)(Cl)c1ccccc1. The van der Waals surface area contributed by atoms with Crippen molar-refractivity contribution >= 4 is 41.6 Å². The zero-order valence-electron chi connectivity index (χ0n) is 11.8. The fraction of sp³-hybridized carbons (Fsp3) is 0.400. The van der Waals surface area contributed by atoms with E-state index >= 15 is 0 Å². The van der Waals surface area contributed by atoms with Crippen LogP contribution in [-0.4, -0.2) is 23.6 Å². The summed E-state index contributed by atoms with van der Waals surface area (Å²) in [5, 5.41) is 0. The first-order chi connectivity index (χ1) is 9.54. The molecule has 0 saturated carbocycles. The van der Waals surface area contributed by atoms with Crippen LogP contribution in [0.25, 0.3) is 0 Å². The number of hydrogen-bond acceptors (Lipinski definition) is 2. The number of unbranched alkanes of at least 4 members (excludes halogenated alkanes) is 2. The Bertz CT molecular complexity index is 458. The zero-order valence-corrected chi connectivity index (χ0v) is 15.0. The third kappa shape index (κ3) is 4.82. The molecule has 5 heteroatoms. The first-order valence-corrected chi connectivity index (χ1v) is 12.9. The number of hydrogen-bond donors (Lipinski definition) is 0. The first-order valence-electron chi connectivity index (χ1n) is 6.69. The number of carbonyl (C=O) groups is 1. The van der Waals surface area contributed by atoms with Crippen LogP contribution >= 0.6 is 20.2 Å². The van der Waals surface area contributed by atoms with Gasteiger partial charge in [0.2, 0.25) is 0 Å². The summed E-state index contributed by atoms with van der Waals surface area (Å²) < 4.78 is 6.38. The Balaban J connectivity index is 3.08. The van der Waals surface area contributed by atoms with Gasteiger partial charge in [-0.2, -0.15) is 0 Å². The average Bonchev–Trinajstić information content (AvgIpc) is 2.44. The maximum atomic E-state index is 12.1. The monoisotopic (exact) mass is 382 g/mol. The van der Waals surface area contributed by atoms with Crippen LogP contribution < -0.4 is 4.46 Å². The molecule has 1 rings (SSSR count). The Kier molecular flexibility index (Phi) is 7.68. The molecule has 0 amide bonds. The molecule has 0 atom stereocenters. The number of carbonyl (C=O) groups excluding carboxylic acids is 1. The molecular weight excluding hydrogens is 362 g/mol. The minimum atomic E-state index is -3.23. The van der Waals surface area contributed by atoms with Gasteiger partial charge in [0.15, 0.2) is 0 Å². The van der Waals surface area contributed by atoms with Crippen molar-refractivity contribution in [2.75, 3.05) is 6.61 Å². The molecule has 0 saturated heterocycles. The van der Waals surface area contributed by atoms with E-state index in [0.717, 1.165) is 23.7 Å². The Hall–Kier alpha value is -0.471. The van der Waals surface area contributed by atoms with Crippen LogP contribution in [0.5, 0.6) is 0 Å². The van der Waals surface area contributed by atoms with E-state index in [4.69, 9.17) is 24.9 Å². The minimum absolute atomic E-state index is 0.319. The van der Waals surface area contributed by atoms with Crippen molar-refractivity contribution in [3.05, 3.63) is 40.9 Å². The Labute approximate surface area is 131 Å². The summed E-state index contributed by atoms with van der Waals surface area (Å²) >= 11 is -3.23. The number of benzene rings is 1. The Morgan fingerprint density at radius 1 is 1.25 bits per heavy atom. The molecule has 0 aromatic heterocycles. The third-order valence-electron chi connectivity index (χ3n) is 2.68. The van der Waals surface area contributed by atoms with Crippen LogP contribution in [0.4, 0.5) is 0 Å². The van der Waals surface area contributed by atoms with E-state index in [-0.39, 0.29) is 0 Å². The van der Waals surface area contributed by atoms with Crippen molar-refractivity contribution in [3.63, 3.8) is 0 Å². The number of ether oxygens (including phenoxy) is 1. The predicted octanol–water partition coefficient (Wildman–Crippen LogP) is 4.03. The molecule has 1 aromatic rings. The van der Waals surface area contributed by atoms with Crippen LogP contribution in [-0.2, 0) is 9.53 Å². The van der Waals surface area contributed by atoms with Crippen molar-refractivity contribution in [3.8, 4) is 0 Å². The predicted molar refractivity (Wildman–Crippen MR) is 87.8 cm³/mol. The van der Waals surface area contributed by atoms with Gasteiger partial charge in [0.05, 0.1) is 0 Å². The second kappa shape index (κ2) is 8.74. The van der Waals surface area contributed by atoms with Gasteiger partial charge in [-0.05, 0) is 0 Å². The van der Waals surface area contributed by atoms with Crippen molar-refractivity contribution in [2.45, 2.75) is 33.1 Å². The topological polar surface area (TPSA) is 26.3 Å². The molecule has 0 unspecified atom stereocenters. The van der Waals surface area contributed by atoms with Gasteiger partial charge < -0.3 is 0 Å². The van der Waals surface area contributed by atoms with Crippen LogP contribution in [0.15, 0.2) is 40.9 Å². The summed E-state index contributed by atoms with van der Waals surface area (Å²) in [5.74, 6) is -0.391. The summed E-state index contributed by atoms with van der Waals surface area (Å²) in [6, 6.07) is 9.39. The second-order valence-corrected chi connectivity index (χ2v) is 13.7. The van der Waals surface area contributed by atoms with Crippen LogP contribution in [0, 0.1) is 0 Å². The maximum absolute atomic E-state index is 12.1. The summed E-state index contributed by atoms with van der Waals surface area (Å²) in [6.07, 6.45) is 4.70. The molecule has 20 heavy (non-hydrogen) atoms. The molecule has 0 N–H and O–H groups in total. The van der Waals surface area contributed by atoms with E-state index in [2.05, 4.69) is 6.92 Å². The molecule has 0 aliphatic heterocycles. The molecule has 0 heterocycles. The van der Waals surface area contributed by atoms with Crippen LogP contribution in [0.3, 0.4) is 0 Å². The van der Waals surface area contributed by atoms with E-state index in [0.29, 0.717) is 11.1 Å². The molecule has 112 valence electrons. The molecule has 0 aliphatic carbocycles. The van der Waals surface area contributed by atoms with E-state index in [1.165, 1.54) is 0 Å². The molecule has 0 radical (unpaired) electrons. The van der Waals surface area contributed by atoms with E-state index < -0.39 is 17.0 Å². The molecule has 0 fully saturated rings. The Morgan fingerprint density at radius 3 is 2.45 bits per heavy atom. The quantitative estimate of drug-likeness (QED) is 0.308. The third-order valence-corrected chi connectivity index (χ3v) is 9.93. The van der Waals surface area contributed by atoms with Crippen molar-refractivity contribution in [2.24, 2.45) is 0 Å².